The zero-order valence-electron chi connectivity index (χ0n) is 12.7. The molecule has 0 saturated carbocycles. The van der Waals surface area contributed by atoms with E-state index in [1.807, 2.05) is 13.8 Å². The highest BCUT2D eigenvalue weighted by Gasteiger charge is 2.22. The maximum Gasteiger partial charge on any atom is 0.144 e. The summed E-state index contributed by atoms with van der Waals surface area (Å²) in [7, 11) is 0. The molecule has 0 radical (unpaired) electrons. The molecule has 0 bridgehead atoms. The van der Waals surface area contributed by atoms with E-state index in [1.54, 1.807) is 0 Å². The Kier molecular flexibility index (Phi) is 8.00. The third-order valence-corrected chi connectivity index (χ3v) is 3.92. The van der Waals surface area contributed by atoms with Crippen molar-refractivity contribution in [1.29, 1.82) is 0 Å². The lowest BCUT2D eigenvalue weighted by atomic mass is 9.86. The molecule has 3 N–H and O–H groups in total. The van der Waals surface area contributed by atoms with Gasteiger partial charge in [0.25, 0.3) is 0 Å². The molecule has 1 unspecified atom stereocenters. The average molecular weight is 257 g/mol. The van der Waals surface area contributed by atoms with Gasteiger partial charge >= 0.3 is 0 Å². The maximum absolute atomic E-state index is 8.71. The van der Waals surface area contributed by atoms with Gasteiger partial charge < -0.3 is 15.8 Å². The number of nitrogens with zero attached hydrogens (tertiary/aromatic N) is 2. The zero-order chi connectivity index (χ0) is 14.2. The number of unbranched alkanes of at least 4 members (excludes halogenated alkanes) is 1. The first kappa shape index (κ1) is 17.2. The summed E-state index contributed by atoms with van der Waals surface area (Å²) in [5.74, 6) is 0.330. The molecular formula is C14H31N3O. The minimum absolute atomic E-state index is 0.206. The standard InChI is InChI=1S/C14H31N3O/c1-6-12(3)17(7-2)11-9-8-10-14(4,5)13(15)16-18/h12,18H,6-11H2,1-5H3,(H2,15,16). The van der Waals surface area contributed by atoms with Crippen LogP contribution in [0, 0.1) is 5.41 Å². The Morgan fingerprint density at radius 1 is 1.33 bits per heavy atom. The van der Waals surface area contributed by atoms with Crippen LogP contribution in [0.1, 0.15) is 60.3 Å². The molecule has 0 aromatic heterocycles. The molecule has 0 amide bonds. The van der Waals surface area contributed by atoms with Gasteiger partial charge in [-0.05, 0) is 39.3 Å². The summed E-state index contributed by atoms with van der Waals surface area (Å²) in [5, 5.41) is 11.8. The van der Waals surface area contributed by atoms with E-state index in [0.29, 0.717) is 11.9 Å². The van der Waals surface area contributed by atoms with Crippen molar-refractivity contribution in [3.05, 3.63) is 0 Å². The molecule has 0 heterocycles. The molecule has 0 saturated heterocycles. The number of hydrogen-bond donors (Lipinski definition) is 2. The van der Waals surface area contributed by atoms with Crippen LogP contribution in [0.2, 0.25) is 0 Å². The normalized spacial score (nSPS) is 15.1. The third kappa shape index (κ3) is 5.71. The van der Waals surface area contributed by atoms with Crippen LogP contribution >= 0.6 is 0 Å². The fourth-order valence-corrected chi connectivity index (χ4v) is 2.09. The van der Waals surface area contributed by atoms with Crippen molar-refractivity contribution in [2.45, 2.75) is 66.3 Å². The molecule has 4 heteroatoms. The number of amidine groups is 1. The van der Waals surface area contributed by atoms with Crippen LogP contribution in [-0.2, 0) is 0 Å². The van der Waals surface area contributed by atoms with Crippen LogP contribution in [-0.4, -0.2) is 35.1 Å². The van der Waals surface area contributed by atoms with E-state index in [9.17, 15) is 0 Å². The molecule has 0 fully saturated rings. The first-order valence-corrected chi connectivity index (χ1v) is 7.11. The Morgan fingerprint density at radius 2 is 1.94 bits per heavy atom. The molecule has 18 heavy (non-hydrogen) atoms. The van der Waals surface area contributed by atoms with Crippen LogP contribution in [0.5, 0.6) is 0 Å². The molecule has 0 aliphatic carbocycles. The fourth-order valence-electron chi connectivity index (χ4n) is 2.09. The molecule has 0 aromatic rings. The summed E-state index contributed by atoms with van der Waals surface area (Å²) in [5.41, 5.74) is 5.47. The van der Waals surface area contributed by atoms with Gasteiger partial charge in [0.1, 0.15) is 5.84 Å². The highest BCUT2D eigenvalue weighted by Crippen LogP contribution is 2.23. The molecule has 1 atom stereocenters. The molecule has 0 aromatic carbocycles. The van der Waals surface area contributed by atoms with E-state index < -0.39 is 0 Å². The molecule has 108 valence electrons. The minimum atomic E-state index is -0.206. The van der Waals surface area contributed by atoms with E-state index >= 15 is 0 Å². The first-order valence-electron chi connectivity index (χ1n) is 7.11. The summed E-state index contributed by atoms with van der Waals surface area (Å²) in [6.45, 7) is 13.0. The van der Waals surface area contributed by atoms with Gasteiger partial charge in [-0.25, -0.2) is 0 Å². The molecular weight excluding hydrogens is 226 g/mol. The molecule has 0 spiro atoms. The van der Waals surface area contributed by atoms with Crippen molar-refractivity contribution in [2.24, 2.45) is 16.3 Å². The first-order chi connectivity index (χ1) is 8.38. The summed E-state index contributed by atoms with van der Waals surface area (Å²) in [6.07, 6.45) is 4.43. The molecule has 4 nitrogen and oxygen atoms in total. The molecule has 0 aliphatic heterocycles. The van der Waals surface area contributed by atoms with Crippen LogP contribution in [0.25, 0.3) is 0 Å². The summed E-state index contributed by atoms with van der Waals surface area (Å²) >= 11 is 0. The second kappa shape index (κ2) is 8.35. The van der Waals surface area contributed by atoms with Gasteiger partial charge in [-0.15, -0.1) is 0 Å². The highest BCUT2D eigenvalue weighted by molar-refractivity contribution is 5.85. The largest absolute Gasteiger partial charge is 0.409 e. The zero-order valence-corrected chi connectivity index (χ0v) is 12.7. The number of oxime groups is 1. The predicted molar refractivity (Wildman–Crippen MR) is 78.0 cm³/mol. The monoisotopic (exact) mass is 257 g/mol. The van der Waals surface area contributed by atoms with E-state index in [2.05, 4.69) is 30.8 Å². The van der Waals surface area contributed by atoms with Crippen molar-refractivity contribution < 1.29 is 5.21 Å². The Bertz CT molecular complexity index is 251. The van der Waals surface area contributed by atoms with Crippen LogP contribution in [0.15, 0.2) is 5.16 Å². The average Bonchev–Trinajstić information content (AvgIpc) is 2.36. The third-order valence-electron chi connectivity index (χ3n) is 3.92. The molecule has 0 rings (SSSR count). The van der Waals surface area contributed by atoms with Gasteiger partial charge in [0.2, 0.25) is 0 Å². The lowest BCUT2D eigenvalue weighted by Crippen LogP contribution is -2.34. The van der Waals surface area contributed by atoms with Crippen molar-refractivity contribution in [3.8, 4) is 0 Å². The maximum atomic E-state index is 8.71. The van der Waals surface area contributed by atoms with Crippen molar-refractivity contribution in [3.63, 3.8) is 0 Å². The van der Waals surface area contributed by atoms with Gasteiger partial charge in [-0.1, -0.05) is 39.3 Å². The van der Waals surface area contributed by atoms with Crippen LogP contribution in [0.4, 0.5) is 0 Å². The van der Waals surface area contributed by atoms with E-state index in [4.69, 9.17) is 10.9 Å². The Balaban J connectivity index is 3.99. The second-order valence-electron chi connectivity index (χ2n) is 5.71. The minimum Gasteiger partial charge on any atom is -0.409 e. The Labute approximate surface area is 112 Å². The number of nitrogens with two attached hydrogens (primary N) is 1. The van der Waals surface area contributed by atoms with Gasteiger partial charge in [-0.3, -0.25) is 0 Å². The van der Waals surface area contributed by atoms with E-state index in [0.717, 1.165) is 25.9 Å². The van der Waals surface area contributed by atoms with Gasteiger partial charge in [0.05, 0.1) is 0 Å². The Morgan fingerprint density at radius 3 is 2.39 bits per heavy atom. The van der Waals surface area contributed by atoms with Gasteiger partial charge in [0, 0.05) is 11.5 Å². The van der Waals surface area contributed by atoms with Crippen LogP contribution < -0.4 is 5.73 Å². The predicted octanol–water partition coefficient (Wildman–Crippen LogP) is 3.05. The van der Waals surface area contributed by atoms with Crippen molar-refractivity contribution >= 4 is 5.84 Å². The number of hydrogen-bond acceptors (Lipinski definition) is 3. The number of rotatable bonds is 9. The second-order valence-corrected chi connectivity index (χ2v) is 5.71. The van der Waals surface area contributed by atoms with Crippen LogP contribution in [0.3, 0.4) is 0 Å². The van der Waals surface area contributed by atoms with Gasteiger partial charge in [-0.2, -0.15) is 0 Å². The summed E-state index contributed by atoms with van der Waals surface area (Å²) in [6, 6.07) is 0.659. The smallest absolute Gasteiger partial charge is 0.144 e. The topological polar surface area (TPSA) is 61.8 Å². The van der Waals surface area contributed by atoms with E-state index in [-0.39, 0.29) is 5.41 Å². The lowest BCUT2D eigenvalue weighted by Gasteiger charge is -2.28. The van der Waals surface area contributed by atoms with Crippen molar-refractivity contribution in [1.82, 2.24) is 4.90 Å². The van der Waals surface area contributed by atoms with E-state index in [1.165, 1.54) is 12.8 Å². The quantitative estimate of drug-likeness (QED) is 0.219. The van der Waals surface area contributed by atoms with Crippen molar-refractivity contribution in [2.75, 3.05) is 13.1 Å². The fraction of sp³-hybridized carbons (Fsp3) is 0.929. The highest BCUT2D eigenvalue weighted by atomic mass is 16.4. The lowest BCUT2D eigenvalue weighted by molar-refractivity contribution is 0.207. The Hall–Kier alpha value is -0.770. The summed E-state index contributed by atoms with van der Waals surface area (Å²) < 4.78 is 0. The SMILES string of the molecule is CCC(C)N(CC)CCCCC(C)(C)C(N)=NO. The van der Waals surface area contributed by atoms with Gasteiger partial charge in [0.15, 0.2) is 0 Å². The molecule has 0 aliphatic rings. The summed E-state index contributed by atoms with van der Waals surface area (Å²) in [4.78, 5) is 2.51.